The maximum absolute atomic E-state index is 13.3. The Morgan fingerprint density at radius 3 is 2.60 bits per heavy atom. The molecular formula is C29H34F3N5O4S. The van der Waals surface area contributed by atoms with Gasteiger partial charge in [-0.3, -0.25) is 0 Å². The van der Waals surface area contributed by atoms with Crippen LogP contribution in [0.25, 0.3) is 10.9 Å². The number of urea groups is 1. The van der Waals surface area contributed by atoms with E-state index >= 15 is 0 Å². The van der Waals surface area contributed by atoms with Crippen LogP contribution in [-0.4, -0.2) is 76.2 Å². The first-order valence-electron chi connectivity index (χ1n) is 13.3. The van der Waals surface area contributed by atoms with Crippen molar-refractivity contribution in [1.29, 1.82) is 0 Å². The molecule has 42 heavy (non-hydrogen) atoms. The normalized spacial score (nSPS) is 17.8. The highest BCUT2D eigenvalue weighted by Gasteiger charge is 2.29. The highest BCUT2D eigenvalue weighted by Crippen LogP contribution is 2.30. The van der Waals surface area contributed by atoms with E-state index in [1.54, 1.807) is 24.3 Å². The van der Waals surface area contributed by atoms with Crippen LogP contribution in [-0.2, 0) is 16.4 Å². The summed E-state index contributed by atoms with van der Waals surface area (Å²) in [7, 11) is 0.0359. The molecule has 1 aliphatic heterocycles. The molecule has 2 atom stereocenters. The van der Waals surface area contributed by atoms with Crippen molar-refractivity contribution in [3.8, 4) is 17.6 Å². The van der Waals surface area contributed by atoms with Gasteiger partial charge in [-0.2, -0.15) is 13.2 Å². The number of halogens is 3. The lowest BCUT2D eigenvalue weighted by atomic mass is 9.94. The Bertz CT molecular complexity index is 1630. The molecule has 1 fully saturated rings. The lowest BCUT2D eigenvalue weighted by Crippen LogP contribution is -2.49. The molecule has 2 unspecified atom stereocenters. The average Bonchev–Trinajstić information content (AvgIpc) is 3.29. The lowest BCUT2D eigenvalue weighted by molar-refractivity contribution is -0.139. The van der Waals surface area contributed by atoms with Crippen LogP contribution in [0.15, 0.2) is 47.5 Å². The molecule has 2 aromatic carbocycles. The molecule has 13 heteroatoms. The third kappa shape index (κ3) is 7.89. The van der Waals surface area contributed by atoms with Gasteiger partial charge in [0.05, 0.1) is 35.4 Å². The standard InChI is InChI=1S/C29H34F3N5O4S/c1-19-17-36(2)12-10-23(19)34-28(38)35-25-14-20(15-26-22(25)9-13-37(26)18-29(30,31)32)6-5-11-33-24-8-7-21(42(4,39)40)16-27(24)41-3/h7-9,13-16,19,23,33H,10-12,17-18H2,1-4H3,(H2,34,35,38). The number of aromatic nitrogens is 1. The first-order valence-corrected chi connectivity index (χ1v) is 15.2. The molecule has 2 heterocycles. The van der Waals surface area contributed by atoms with Gasteiger partial charge in [0.15, 0.2) is 9.84 Å². The smallest absolute Gasteiger partial charge is 0.406 e. The number of hydrogen-bond donors (Lipinski definition) is 3. The Morgan fingerprint density at radius 1 is 1.17 bits per heavy atom. The number of hydrogen-bond acceptors (Lipinski definition) is 6. The van der Waals surface area contributed by atoms with Gasteiger partial charge in [0.25, 0.3) is 0 Å². The summed E-state index contributed by atoms with van der Waals surface area (Å²) in [6.45, 7) is 2.72. The van der Waals surface area contributed by atoms with Gasteiger partial charge in [-0.25, -0.2) is 13.2 Å². The number of methoxy groups -OCH3 is 1. The van der Waals surface area contributed by atoms with Gasteiger partial charge in [0.2, 0.25) is 0 Å². The Balaban J connectivity index is 1.56. The zero-order valence-corrected chi connectivity index (χ0v) is 24.6. The van der Waals surface area contributed by atoms with Crippen molar-refractivity contribution in [1.82, 2.24) is 14.8 Å². The van der Waals surface area contributed by atoms with Crippen molar-refractivity contribution >= 4 is 38.1 Å². The molecule has 1 aliphatic rings. The zero-order valence-electron chi connectivity index (χ0n) is 23.8. The molecule has 4 rings (SSSR count). The van der Waals surface area contributed by atoms with Gasteiger partial charge in [0.1, 0.15) is 12.3 Å². The van der Waals surface area contributed by atoms with Gasteiger partial charge >= 0.3 is 12.2 Å². The number of anilines is 2. The number of carbonyl (C=O) groups is 1. The number of nitrogens with one attached hydrogen (secondary N) is 3. The minimum Gasteiger partial charge on any atom is -0.495 e. The summed E-state index contributed by atoms with van der Waals surface area (Å²) in [5.74, 6) is 6.44. The number of sulfone groups is 1. The molecule has 1 saturated heterocycles. The van der Waals surface area contributed by atoms with E-state index in [2.05, 4.69) is 39.6 Å². The van der Waals surface area contributed by atoms with Crippen molar-refractivity contribution in [2.24, 2.45) is 5.92 Å². The van der Waals surface area contributed by atoms with E-state index in [1.165, 1.54) is 25.4 Å². The molecule has 3 aromatic rings. The van der Waals surface area contributed by atoms with Crippen LogP contribution in [0.3, 0.4) is 0 Å². The molecule has 0 spiro atoms. The van der Waals surface area contributed by atoms with Crippen LogP contribution in [0, 0.1) is 17.8 Å². The van der Waals surface area contributed by atoms with Gasteiger partial charge in [-0.1, -0.05) is 18.8 Å². The minimum absolute atomic E-state index is 0.0240. The van der Waals surface area contributed by atoms with E-state index in [-0.39, 0.29) is 28.9 Å². The molecule has 0 saturated carbocycles. The van der Waals surface area contributed by atoms with E-state index < -0.39 is 28.6 Å². The summed E-state index contributed by atoms with van der Waals surface area (Å²) in [6, 6.07) is 8.69. The molecule has 2 amide bonds. The Morgan fingerprint density at radius 2 is 1.93 bits per heavy atom. The third-order valence-electron chi connectivity index (χ3n) is 7.11. The van der Waals surface area contributed by atoms with Crippen molar-refractivity contribution in [3.05, 3.63) is 48.2 Å². The van der Waals surface area contributed by atoms with E-state index in [9.17, 15) is 26.4 Å². The van der Waals surface area contributed by atoms with Crippen LogP contribution in [0.1, 0.15) is 18.9 Å². The summed E-state index contributed by atoms with van der Waals surface area (Å²) >= 11 is 0. The highest BCUT2D eigenvalue weighted by molar-refractivity contribution is 7.90. The molecule has 0 aliphatic carbocycles. The zero-order chi connectivity index (χ0) is 30.7. The number of alkyl halides is 3. The predicted octanol–water partition coefficient (Wildman–Crippen LogP) is 4.54. The lowest BCUT2D eigenvalue weighted by Gasteiger charge is -2.35. The molecule has 1 aromatic heterocycles. The van der Waals surface area contributed by atoms with Crippen LogP contribution in [0.4, 0.5) is 29.3 Å². The SMILES string of the molecule is COc1cc(S(C)(=O)=O)ccc1NCC#Cc1cc(NC(=O)NC2CCN(C)CC2C)c2ccn(CC(F)(F)F)c2c1. The van der Waals surface area contributed by atoms with Crippen LogP contribution in [0.5, 0.6) is 5.75 Å². The van der Waals surface area contributed by atoms with E-state index in [0.29, 0.717) is 28.1 Å². The number of amides is 2. The molecule has 9 nitrogen and oxygen atoms in total. The van der Waals surface area contributed by atoms with Crippen LogP contribution in [0.2, 0.25) is 0 Å². The predicted molar refractivity (Wildman–Crippen MR) is 157 cm³/mol. The molecule has 0 bridgehead atoms. The quantitative estimate of drug-likeness (QED) is 0.342. The molecule has 0 radical (unpaired) electrons. The number of carbonyl (C=O) groups excluding carboxylic acids is 1. The Hall–Kier alpha value is -3.89. The summed E-state index contributed by atoms with van der Waals surface area (Å²) in [5.41, 5.74) is 1.57. The number of ether oxygens (including phenoxy) is 1. The fraction of sp³-hybridized carbons (Fsp3) is 0.414. The Kier molecular flexibility index (Phi) is 9.27. The van der Waals surface area contributed by atoms with E-state index in [4.69, 9.17) is 4.74 Å². The summed E-state index contributed by atoms with van der Waals surface area (Å²) < 4.78 is 69.8. The third-order valence-corrected chi connectivity index (χ3v) is 8.22. The highest BCUT2D eigenvalue weighted by atomic mass is 32.2. The molecule has 3 N–H and O–H groups in total. The van der Waals surface area contributed by atoms with Crippen molar-refractivity contribution < 1.29 is 31.1 Å². The van der Waals surface area contributed by atoms with E-state index in [0.717, 1.165) is 30.3 Å². The Labute approximate surface area is 243 Å². The summed E-state index contributed by atoms with van der Waals surface area (Å²) in [6.07, 6.45) is -1.20. The first kappa shape index (κ1) is 31.1. The monoisotopic (exact) mass is 605 g/mol. The fourth-order valence-corrected chi connectivity index (χ4v) is 5.67. The van der Waals surface area contributed by atoms with Crippen molar-refractivity contribution in [3.63, 3.8) is 0 Å². The number of nitrogens with zero attached hydrogens (tertiary/aromatic N) is 2. The minimum atomic E-state index is -4.43. The van der Waals surface area contributed by atoms with Gasteiger partial charge < -0.3 is 30.2 Å². The topological polar surface area (TPSA) is 105 Å². The maximum atomic E-state index is 13.3. The second-order valence-corrected chi connectivity index (χ2v) is 12.6. The average molecular weight is 606 g/mol. The summed E-state index contributed by atoms with van der Waals surface area (Å²) in [4.78, 5) is 15.3. The fourth-order valence-electron chi connectivity index (χ4n) is 5.03. The van der Waals surface area contributed by atoms with Crippen LogP contribution < -0.4 is 20.7 Å². The maximum Gasteiger partial charge on any atom is 0.406 e. The van der Waals surface area contributed by atoms with Gasteiger partial charge in [0, 0.05) is 42.1 Å². The van der Waals surface area contributed by atoms with Gasteiger partial charge in [-0.05, 0) is 56.3 Å². The second-order valence-electron chi connectivity index (χ2n) is 10.5. The molecule has 226 valence electrons. The summed E-state index contributed by atoms with van der Waals surface area (Å²) in [5, 5.41) is 9.34. The number of fused-ring (bicyclic) bond motifs is 1. The molecular weight excluding hydrogens is 571 g/mol. The van der Waals surface area contributed by atoms with Crippen molar-refractivity contribution in [2.45, 2.75) is 37.0 Å². The largest absolute Gasteiger partial charge is 0.495 e. The number of likely N-dealkylation sites (tertiary alicyclic amines) is 1. The number of piperidine rings is 1. The van der Waals surface area contributed by atoms with Crippen LogP contribution >= 0.6 is 0 Å². The number of benzene rings is 2. The second kappa shape index (κ2) is 12.5. The first-order chi connectivity index (χ1) is 19.7. The number of rotatable bonds is 7. The van der Waals surface area contributed by atoms with Gasteiger partial charge in [-0.15, -0.1) is 0 Å². The van der Waals surface area contributed by atoms with E-state index in [1.807, 2.05) is 7.05 Å². The van der Waals surface area contributed by atoms with Crippen molar-refractivity contribution in [2.75, 3.05) is 50.7 Å².